The van der Waals surface area contributed by atoms with Crippen LogP contribution in [0.2, 0.25) is 5.02 Å². The second-order valence-corrected chi connectivity index (χ2v) is 6.34. The van der Waals surface area contributed by atoms with Gasteiger partial charge in [0.1, 0.15) is 0 Å². The molecular weight excluding hydrogens is 294 g/mol. The van der Waals surface area contributed by atoms with Crippen LogP contribution in [0.1, 0.15) is 29.2 Å². The highest BCUT2D eigenvalue weighted by molar-refractivity contribution is 7.09. The van der Waals surface area contributed by atoms with E-state index in [9.17, 15) is 4.79 Å². The number of anilines is 2. The lowest BCUT2D eigenvalue weighted by atomic mass is 10.1. The summed E-state index contributed by atoms with van der Waals surface area (Å²) in [6.45, 7) is 4.03. The van der Waals surface area contributed by atoms with Crippen LogP contribution in [0.4, 0.5) is 11.4 Å². The van der Waals surface area contributed by atoms with E-state index < -0.39 is 0 Å². The Bertz CT molecular complexity index is 683. The van der Waals surface area contributed by atoms with Gasteiger partial charge in [0.2, 0.25) is 5.91 Å². The molecule has 6 heteroatoms. The Morgan fingerprint density at radius 3 is 3.00 bits per heavy atom. The average molecular weight is 308 g/mol. The number of nitrogens with zero attached hydrogens (tertiary/aromatic N) is 1. The minimum Gasteiger partial charge on any atom is -0.376 e. The van der Waals surface area contributed by atoms with Gasteiger partial charge in [-0.15, -0.1) is 11.3 Å². The number of aromatic nitrogens is 1. The van der Waals surface area contributed by atoms with Gasteiger partial charge in [-0.25, -0.2) is 4.98 Å². The molecule has 0 bridgehead atoms. The van der Waals surface area contributed by atoms with Crippen molar-refractivity contribution >= 4 is 40.2 Å². The van der Waals surface area contributed by atoms with E-state index in [1.165, 1.54) is 0 Å². The summed E-state index contributed by atoms with van der Waals surface area (Å²) in [7, 11) is 0. The van der Waals surface area contributed by atoms with Crippen molar-refractivity contribution in [1.82, 2.24) is 4.98 Å². The van der Waals surface area contributed by atoms with Crippen LogP contribution in [0.5, 0.6) is 0 Å². The van der Waals surface area contributed by atoms with Crippen molar-refractivity contribution in [3.63, 3.8) is 0 Å². The molecule has 104 valence electrons. The molecular formula is C14H14ClN3OS. The monoisotopic (exact) mass is 307 g/mol. The number of carbonyl (C=O) groups excluding carboxylic acids is 1. The van der Waals surface area contributed by atoms with E-state index in [1.54, 1.807) is 17.4 Å². The first-order valence-electron chi connectivity index (χ1n) is 6.34. The molecule has 1 unspecified atom stereocenters. The highest BCUT2D eigenvalue weighted by Gasteiger charge is 2.20. The molecule has 1 amide bonds. The van der Waals surface area contributed by atoms with E-state index in [0.717, 1.165) is 27.6 Å². The smallest absolute Gasteiger partial charge is 0.228 e. The number of fused-ring (bicyclic) bond motifs is 1. The summed E-state index contributed by atoms with van der Waals surface area (Å²) in [5.41, 5.74) is 3.62. The molecule has 1 aromatic heterocycles. The predicted octanol–water partition coefficient (Wildman–Crippen LogP) is 3.77. The van der Waals surface area contributed by atoms with Crippen molar-refractivity contribution in [3.8, 4) is 0 Å². The minimum absolute atomic E-state index is 0.0105. The van der Waals surface area contributed by atoms with Crippen LogP contribution in [0.15, 0.2) is 17.5 Å². The summed E-state index contributed by atoms with van der Waals surface area (Å²) in [5.74, 6) is 0.0105. The first-order valence-corrected chi connectivity index (χ1v) is 7.59. The molecule has 1 aromatic carbocycles. The van der Waals surface area contributed by atoms with Crippen molar-refractivity contribution in [1.29, 1.82) is 0 Å². The standard InChI is InChI=1S/C14H14ClN3OS/c1-7(13-6-20-8(2)17-13)16-12-3-9-4-14(19)18-11(9)5-10(12)15/h3,5-7,16H,4H2,1-2H3,(H,18,19). The van der Waals surface area contributed by atoms with Gasteiger partial charge in [-0.2, -0.15) is 0 Å². The zero-order valence-corrected chi connectivity index (χ0v) is 12.7. The van der Waals surface area contributed by atoms with E-state index in [0.29, 0.717) is 11.4 Å². The number of benzene rings is 1. The topological polar surface area (TPSA) is 54.0 Å². The Hall–Kier alpha value is -1.59. The van der Waals surface area contributed by atoms with Crippen molar-refractivity contribution in [2.75, 3.05) is 10.6 Å². The van der Waals surface area contributed by atoms with Crippen molar-refractivity contribution < 1.29 is 4.79 Å². The minimum atomic E-state index is 0.0105. The van der Waals surface area contributed by atoms with E-state index >= 15 is 0 Å². The molecule has 0 fully saturated rings. The molecule has 2 heterocycles. The fraction of sp³-hybridized carbons (Fsp3) is 0.286. The molecule has 1 aliphatic rings. The first kappa shape index (κ1) is 13.4. The van der Waals surface area contributed by atoms with Gasteiger partial charge in [0.05, 0.1) is 33.9 Å². The Kier molecular flexibility index (Phi) is 3.40. The van der Waals surface area contributed by atoms with Crippen molar-refractivity contribution in [3.05, 3.63) is 38.8 Å². The lowest BCUT2D eigenvalue weighted by Crippen LogP contribution is -2.07. The SMILES string of the molecule is Cc1nc(C(C)Nc2cc3c(cc2Cl)NC(=O)C3)cs1. The number of amides is 1. The van der Waals surface area contributed by atoms with Gasteiger partial charge in [0.25, 0.3) is 0 Å². The van der Waals surface area contributed by atoms with Gasteiger partial charge in [0, 0.05) is 11.1 Å². The number of nitrogens with one attached hydrogen (secondary N) is 2. The van der Waals surface area contributed by atoms with Crippen molar-refractivity contribution in [2.24, 2.45) is 0 Å². The fourth-order valence-electron chi connectivity index (χ4n) is 2.24. The van der Waals surface area contributed by atoms with Crippen LogP contribution < -0.4 is 10.6 Å². The number of thiazole rings is 1. The van der Waals surface area contributed by atoms with Crippen molar-refractivity contribution in [2.45, 2.75) is 26.3 Å². The molecule has 1 atom stereocenters. The first-order chi connectivity index (χ1) is 9.52. The van der Waals surface area contributed by atoms with E-state index in [4.69, 9.17) is 11.6 Å². The second-order valence-electron chi connectivity index (χ2n) is 4.87. The van der Waals surface area contributed by atoms with Gasteiger partial charge in [-0.1, -0.05) is 11.6 Å². The Morgan fingerprint density at radius 2 is 2.30 bits per heavy atom. The van der Waals surface area contributed by atoms with Gasteiger partial charge >= 0.3 is 0 Å². The summed E-state index contributed by atoms with van der Waals surface area (Å²) < 4.78 is 0. The zero-order chi connectivity index (χ0) is 14.3. The molecule has 1 aliphatic heterocycles. The molecule has 4 nitrogen and oxygen atoms in total. The molecule has 0 aliphatic carbocycles. The molecule has 0 spiro atoms. The van der Waals surface area contributed by atoms with E-state index in [2.05, 4.69) is 15.6 Å². The van der Waals surface area contributed by atoms with Crippen LogP contribution in [0, 0.1) is 6.92 Å². The number of rotatable bonds is 3. The number of hydrogen-bond acceptors (Lipinski definition) is 4. The highest BCUT2D eigenvalue weighted by atomic mass is 35.5. The maximum Gasteiger partial charge on any atom is 0.228 e. The fourth-order valence-corrected chi connectivity index (χ4v) is 3.17. The summed E-state index contributed by atoms with van der Waals surface area (Å²) in [6.07, 6.45) is 0.408. The van der Waals surface area contributed by atoms with Gasteiger partial charge in [0.15, 0.2) is 0 Å². The normalized spacial score (nSPS) is 14.8. The predicted molar refractivity (Wildman–Crippen MR) is 82.7 cm³/mol. The number of halogens is 1. The summed E-state index contributed by atoms with van der Waals surface area (Å²) >= 11 is 7.89. The molecule has 0 saturated carbocycles. The molecule has 3 rings (SSSR count). The largest absolute Gasteiger partial charge is 0.376 e. The molecule has 2 N–H and O–H groups in total. The number of hydrogen-bond donors (Lipinski definition) is 2. The second kappa shape index (κ2) is 5.07. The van der Waals surface area contributed by atoms with Crippen LogP contribution in [-0.4, -0.2) is 10.9 Å². The third-order valence-electron chi connectivity index (χ3n) is 3.27. The van der Waals surface area contributed by atoms with Crippen LogP contribution >= 0.6 is 22.9 Å². The van der Waals surface area contributed by atoms with Crippen LogP contribution in [0.25, 0.3) is 0 Å². The van der Waals surface area contributed by atoms with E-state index in [-0.39, 0.29) is 11.9 Å². The summed E-state index contributed by atoms with van der Waals surface area (Å²) in [4.78, 5) is 15.9. The van der Waals surface area contributed by atoms with Crippen LogP contribution in [-0.2, 0) is 11.2 Å². The molecule has 0 radical (unpaired) electrons. The molecule has 20 heavy (non-hydrogen) atoms. The third-order valence-corrected chi connectivity index (χ3v) is 4.37. The Balaban J connectivity index is 1.84. The Labute approximate surface area is 126 Å². The number of aryl methyl sites for hydroxylation is 1. The zero-order valence-electron chi connectivity index (χ0n) is 11.2. The lowest BCUT2D eigenvalue weighted by molar-refractivity contribution is -0.115. The molecule has 2 aromatic rings. The Morgan fingerprint density at radius 1 is 1.50 bits per heavy atom. The van der Waals surface area contributed by atoms with Gasteiger partial charge < -0.3 is 10.6 Å². The number of carbonyl (C=O) groups is 1. The lowest BCUT2D eigenvalue weighted by Gasteiger charge is -2.15. The maximum atomic E-state index is 11.4. The van der Waals surface area contributed by atoms with Gasteiger partial charge in [-0.05, 0) is 31.5 Å². The third kappa shape index (κ3) is 2.51. The summed E-state index contributed by atoms with van der Waals surface area (Å²) in [6, 6.07) is 3.80. The van der Waals surface area contributed by atoms with E-state index in [1.807, 2.05) is 25.3 Å². The quantitative estimate of drug-likeness (QED) is 0.907. The maximum absolute atomic E-state index is 11.4. The molecule has 0 saturated heterocycles. The van der Waals surface area contributed by atoms with Gasteiger partial charge in [-0.3, -0.25) is 4.79 Å². The average Bonchev–Trinajstić information content (AvgIpc) is 2.95. The summed E-state index contributed by atoms with van der Waals surface area (Å²) in [5, 5.41) is 9.84. The highest BCUT2D eigenvalue weighted by Crippen LogP contribution is 2.34. The van der Waals surface area contributed by atoms with Crippen LogP contribution in [0.3, 0.4) is 0 Å².